The zero-order valence-electron chi connectivity index (χ0n) is 10.4. The van der Waals surface area contributed by atoms with Crippen LogP contribution in [0.3, 0.4) is 0 Å². The summed E-state index contributed by atoms with van der Waals surface area (Å²) < 4.78 is 5.07. The minimum Gasteiger partial charge on any atom is -0.453 e. The maximum Gasteiger partial charge on any atom is 0.326 e. The van der Waals surface area contributed by atoms with Crippen LogP contribution in [0.4, 0.5) is 0 Å². The molecule has 1 N–H and O–H groups in total. The molecule has 1 aliphatic carbocycles. The van der Waals surface area contributed by atoms with Gasteiger partial charge in [0.2, 0.25) is 0 Å². The number of ketones is 1. The van der Waals surface area contributed by atoms with E-state index in [4.69, 9.17) is 4.74 Å². The van der Waals surface area contributed by atoms with Crippen LogP contribution >= 0.6 is 11.3 Å². The summed E-state index contributed by atoms with van der Waals surface area (Å²) in [5.74, 6) is -0.892. The quantitative estimate of drug-likeness (QED) is 0.850. The van der Waals surface area contributed by atoms with Gasteiger partial charge in [0.15, 0.2) is 11.9 Å². The summed E-state index contributed by atoms with van der Waals surface area (Å²) in [6.07, 6.45) is 2.19. The second kappa shape index (κ2) is 6.47. The van der Waals surface area contributed by atoms with Crippen LogP contribution in [0.15, 0.2) is 17.5 Å². The van der Waals surface area contributed by atoms with Crippen LogP contribution in [0, 0.1) is 0 Å². The molecular weight excluding hydrogens is 266 g/mol. The lowest BCUT2D eigenvalue weighted by Gasteiger charge is -2.20. The highest BCUT2D eigenvalue weighted by Crippen LogP contribution is 2.17. The van der Waals surface area contributed by atoms with Gasteiger partial charge in [-0.05, 0) is 30.7 Å². The van der Waals surface area contributed by atoms with Crippen LogP contribution in [-0.2, 0) is 14.3 Å². The maximum absolute atomic E-state index is 11.6. The Kier molecular flexibility index (Phi) is 4.68. The molecule has 1 aromatic heterocycles. The van der Waals surface area contributed by atoms with Crippen LogP contribution in [0.2, 0.25) is 0 Å². The Morgan fingerprint density at radius 3 is 2.95 bits per heavy atom. The van der Waals surface area contributed by atoms with Crippen molar-refractivity contribution in [1.82, 2.24) is 5.32 Å². The number of amides is 1. The van der Waals surface area contributed by atoms with Crippen LogP contribution in [0.5, 0.6) is 0 Å². The topological polar surface area (TPSA) is 72.5 Å². The van der Waals surface area contributed by atoms with E-state index in [9.17, 15) is 14.4 Å². The molecule has 6 heteroatoms. The molecule has 0 aromatic carbocycles. The van der Waals surface area contributed by atoms with Crippen molar-refractivity contribution in [3.63, 3.8) is 0 Å². The summed E-state index contributed by atoms with van der Waals surface area (Å²) in [6.45, 7) is -0.208. The summed E-state index contributed by atoms with van der Waals surface area (Å²) in [4.78, 5) is 35.2. The van der Waals surface area contributed by atoms with E-state index < -0.39 is 12.1 Å². The number of rotatable bonds is 4. The molecule has 0 saturated heterocycles. The predicted molar refractivity (Wildman–Crippen MR) is 70.0 cm³/mol. The van der Waals surface area contributed by atoms with Crippen molar-refractivity contribution in [1.29, 1.82) is 0 Å². The molecule has 0 unspecified atom stereocenters. The number of hydrogen-bond donors (Lipinski definition) is 1. The van der Waals surface area contributed by atoms with Gasteiger partial charge in [-0.25, -0.2) is 0 Å². The zero-order chi connectivity index (χ0) is 13.7. The molecule has 0 spiro atoms. The Morgan fingerprint density at radius 2 is 2.26 bits per heavy atom. The molecule has 1 fully saturated rings. The standard InChI is InChI=1S/C13H15NO4S/c15-9-4-1-2-5-10(9)18-12(16)8-14-13(17)11-6-3-7-19-11/h3,6-7,10H,1-2,4-5,8H2,(H,14,17)/t10-/m1/s1. The van der Waals surface area contributed by atoms with Crippen molar-refractivity contribution in [2.24, 2.45) is 0 Å². The highest BCUT2D eigenvalue weighted by Gasteiger charge is 2.25. The average Bonchev–Trinajstić information content (AvgIpc) is 2.93. The Hall–Kier alpha value is -1.69. The summed E-state index contributed by atoms with van der Waals surface area (Å²) in [7, 11) is 0. The van der Waals surface area contributed by atoms with Crippen LogP contribution < -0.4 is 5.32 Å². The highest BCUT2D eigenvalue weighted by atomic mass is 32.1. The second-order valence-corrected chi connectivity index (χ2v) is 5.30. The Labute approximate surface area is 114 Å². The number of esters is 1. The van der Waals surface area contributed by atoms with Crippen molar-refractivity contribution in [2.45, 2.75) is 31.8 Å². The molecule has 1 atom stereocenters. The number of Topliss-reactive ketones (excluding diaryl/α,β-unsaturated/α-hetero) is 1. The van der Waals surface area contributed by atoms with E-state index >= 15 is 0 Å². The van der Waals surface area contributed by atoms with E-state index in [1.807, 2.05) is 0 Å². The van der Waals surface area contributed by atoms with Gasteiger partial charge in [-0.15, -0.1) is 11.3 Å². The first-order chi connectivity index (χ1) is 9.16. The number of carbonyl (C=O) groups is 3. The molecule has 102 valence electrons. The predicted octanol–water partition coefficient (Wildman–Crippen LogP) is 1.53. The Morgan fingerprint density at radius 1 is 1.42 bits per heavy atom. The Bertz CT molecular complexity index is 469. The zero-order valence-corrected chi connectivity index (χ0v) is 11.2. The number of carbonyl (C=O) groups excluding carboxylic acids is 3. The van der Waals surface area contributed by atoms with Gasteiger partial charge in [0.05, 0.1) is 4.88 Å². The lowest BCUT2D eigenvalue weighted by molar-refractivity contribution is -0.155. The van der Waals surface area contributed by atoms with Gasteiger partial charge in [-0.1, -0.05) is 6.07 Å². The summed E-state index contributed by atoms with van der Waals surface area (Å²) in [6, 6.07) is 3.44. The van der Waals surface area contributed by atoms with Crippen molar-refractivity contribution >= 4 is 29.0 Å². The number of thiophene rings is 1. The minimum absolute atomic E-state index is 0.0239. The molecule has 5 nitrogen and oxygen atoms in total. The van der Waals surface area contributed by atoms with Gasteiger partial charge in [-0.2, -0.15) is 0 Å². The minimum atomic E-state index is -0.625. The lowest BCUT2D eigenvalue weighted by Crippen LogP contribution is -2.36. The molecule has 1 amide bonds. The van der Waals surface area contributed by atoms with Gasteiger partial charge in [0, 0.05) is 6.42 Å². The first kappa shape index (κ1) is 13.7. The van der Waals surface area contributed by atoms with Gasteiger partial charge in [-0.3, -0.25) is 14.4 Å². The molecule has 0 radical (unpaired) electrons. The Balaban J connectivity index is 1.75. The van der Waals surface area contributed by atoms with E-state index in [0.29, 0.717) is 17.7 Å². The monoisotopic (exact) mass is 281 g/mol. The van der Waals surface area contributed by atoms with Gasteiger partial charge in [0.1, 0.15) is 6.54 Å². The molecule has 1 aromatic rings. The van der Waals surface area contributed by atoms with E-state index in [1.54, 1.807) is 17.5 Å². The highest BCUT2D eigenvalue weighted by molar-refractivity contribution is 7.12. The van der Waals surface area contributed by atoms with E-state index in [1.165, 1.54) is 11.3 Å². The number of hydrogen-bond acceptors (Lipinski definition) is 5. The smallest absolute Gasteiger partial charge is 0.326 e. The largest absolute Gasteiger partial charge is 0.453 e. The number of ether oxygens (including phenoxy) is 1. The molecule has 1 heterocycles. The number of nitrogens with one attached hydrogen (secondary N) is 1. The van der Waals surface area contributed by atoms with Gasteiger partial charge >= 0.3 is 5.97 Å². The molecule has 2 rings (SSSR count). The van der Waals surface area contributed by atoms with Crippen molar-refractivity contribution in [3.8, 4) is 0 Å². The fourth-order valence-electron chi connectivity index (χ4n) is 1.92. The van der Waals surface area contributed by atoms with Gasteiger partial charge < -0.3 is 10.1 Å². The van der Waals surface area contributed by atoms with Crippen molar-refractivity contribution in [3.05, 3.63) is 22.4 Å². The average molecular weight is 281 g/mol. The van der Waals surface area contributed by atoms with Crippen LogP contribution in [-0.4, -0.2) is 30.3 Å². The van der Waals surface area contributed by atoms with Crippen molar-refractivity contribution in [2.75, 3.05) is 6.54 Å². The van der Waals surface area contributed by atoms with E-state index in [2.05, 4.69) is 5.32 Å². The summed E-state index contributed by atoms with van der Waals surface area (Å²) >= 11 is 1.30. The fourth-order valence-corrected chi connectivity index (χ4v) is 2.56. The molecular formula is C13H15NO4S. The summed E-state index contributed by atoms with van der Waals surface area (Å²) in [5.41, 5.74) is 0. The first-order valence-electron chi connectivity index (χ1n) is 6.20. The normalized spacial score (nSPS) is 18.9. The maximum atomic E-state index is 11.6. The van der Waals surface area contributed by atoms with Gasteiger partial charge in [0.25, 0.3) is 5.91 Å². The van der Waals surface area contributed by atoms with E-state index in [0.717, 1.165) is 12.8 Å². The molecule has 19 heavy (non-hydrogen) atoms. The molecule has 0 bridgehead atoms. The SMILES string of the molecule is O=C(CNC(=O)c1cccs1)O[C@@H]1CCCCC1=O. The molecule has 0 aliphatic heterocycles. The lowest BCUT2D eigenvalue weighted by atomic mass is 9.96. The van der Waals surface area contributed by atoms with Crippen molar-refractivity contribution < 1.29 is 19.1 Å². The van der Waals surface area contributed by atoms with Crippen LogP contribution in [0.1, 0.15) is 35.4 Å². The fraction of sp³-hybridized carbons (Fsp3) is 0.462. The third-order valence-corrected chi connectivity index (χ3v) is 3.78. The second-order valence-electron chi connectivity index (χ2n) is 4.35. The third kappa shape index (κ3) is 3.89. The molecule has 1 aliphatic rings. The summed E-state index contributed by atoms with van der Waals surface area (Å²) in [5, 5.41) is 4.26. The molecule has 1 saturated carbocycles. The first-order valence-corrected chi connectivity index (χ1v) is 7.08. The van der Waals surface area contributed by atoms with Crippen LogP contribution in [0.25, 0.3) is 0 Å². The van der Waals surface area contributed by atoms with E-state index in [-0.39, 0.29) is 18.2 Å². The third-order valence-electron chi connectivity index (χ3n) is 2.91.